The fraction of sp³-hybridized carbons (Fsp3) is 0.444. The zero-order valence-electron chi connectivity index (χ0n) is 13.8. The number of ether oxygens (including phenoxy) is 2. The maximum atomic E-state index is 12.0. The number of benzene rings is 1. The van der Waals surface area contributed by atoms with Gasteiger partial charge in [0.05, 0.1) is 13.7 Å². The standard InChI is InChI=1S/C18H22N2O3/c1-12(2)11-23-16-7-4-13(9-17(16)22-3)8-14(10-19)18(21)20-15-5-6-15/h4,7-9,12,15H,5-6,11H2,1-3H3,(H,20,21)/b14-8+. The maximum absolute atomic E-state index is 12.0. The summed E-state index contributed by atoms with van der Waals surface area (Å²) in [5, 5.41) is 12.0. The Kier molecular flexibility index (Phi) is 5.64. The number of methoxy groups -OCH3 is 1. The molecule has 23 heavy (non-hydrogen) atoms. The van der Waals surface area contributed by atoms with Gasteiger partial charge in [0.2, 0.25) is 0 Å². The molecule has 1 aliphatic carbocycles. The molecule has 1 amide bonds. The minimum absolute atomic E-state index is 0.0924. The van der Waals surface area contributed by atoms with Crippen molar-refractivity contribution in [2.24, 2.45) is 5.92 Å². The normalized spacial score (nSPS) is 14.3. The summed E-state index contributed by atoms with van der Waals surface area (Å²) in [6.45, 7) is 4.74. The van der Waals surface area contributed by atoms with Crippen LogP contribution in [0.25, 0.3) is 6.08 Å². The molecule has 1 aromatic carbocycles. The van der Waals surface area contributed by atoms with Gasteiger partial charge in [-0.1, -0.05) is 19.9 Å². The molecule has 122 valence electrons. The molecule has 5 nitrogen and oxygen atoms in total. The van der Waals surface area contributed by atoms with Gasteiger partial charge in [-0.25, -0.2) is 0 Å². The van der Waals surface area contributed by atoms with E-state index in [2.05, 4.69) is 19.2 Å². The first kappa shape index (κ1) is 16.9. The average Bonchev–Trinajstić information content (AvgIpc) is 3.34. The van der Waals surface area contributed by atoms with Gasteiger partial charge in [-0.2, -0.15) is 5.26 Å². The van der Waals surface area contributed by atoms with Gasteiger partial charge in [0, 0.05) is 6.04 Å². The number of amides is 1. The zero-order chi connectivity index (χ0) is 16.8. The maximum Gasteiger partial charge on any atom is 0.262 e. The predicted octanol–water partition coefficient (Wildman–Crippen LogP) is 2.92. The molecule has 1 saturated carbocycles. The highest BCUT2D eigenvalue weighted by molar-refractivity contribution is 6.02. The van der Waals surface area contributed by atoms with Crippen LogP contribution in [-0.2, 0) is 4.79 Å². The Balaban J connectivity index is 2.16. The van der Waals surface area contributed by atoms with E-state index in [1.165, 1.54) is 0 Å². The monoisotopic (exact) mass is 314 g/mol. The molecule has 0 radical (unpaired) electrons. The van der Waals surface area contributed by atoms with Crippen molar-refractivity contribution < 1.29 is 14.3 Å². The fourth-order valence-corrected chi connectivity index (χ4v) is 1.96. The predicted molar refractivity (Wildman–Crippen MR) is 88.1 cm³/mol. The van der Waals surface area contributed by atoms with Crippen LogP contribution in [0.4, 0.5) is 0 Å². The number of carbonyl (C=O) groups is 1. The highest BCUT2D eigenvalue weighted by Gasteiger charge is 2.24. The van der Waals surface area contributed by atoms with Crippen LogP contribution < -0.4 is 14.8 Å². The highest BCUT2D eigenvalue weighted by Crippen LogP contribution is 2.29. The number of carbonyl (C=O) groups excluding carboxylic acids is 1. The van der Waals surface area contributed by atoms with Gasteiger partial charge in [0.25, 0.3) is 5.91 Å². The van der Waals surface area contributed by atoms with Gasteiger partial charge in [-0.3, -0.25) is 4.79 Å². The van der Waals surface area contributed by atoms with Crippen LogP contribution >= 0.6 is 0 Å². The molecule has 0 unspecified atom stereocenters. The first-order chi connectivity index (χ1) is 11.0. The van der Waals surface area contributed by atoms with Gasteiger partial charge >= 0.3 is 0 Å². The second-order valence-electron chi connectivity index (χ2n) is 6.03. The molecular formula is C18H22N2O3. The molecular weight excluding hydrogens is 292 g/mol. The van der Waals surface area contributed by atoms with Crippen molar-refractivity contribution in [3.8, 4) is 17.6 Å². The second kappa shape index (κ2) is 7.68. The lowest BCUT2D eigenvalue weighted by atomic mass is 10.1. The molecule has 1 fully saturated rings. The quantitative estimate of drug-likeness (QED) is 0.620. The van der Waals surface area contributed by atoms with Crippen molar-refractivity contribution in [2.45, 2.75) is 32.7 Å². The molecule has 1 aliphatic rings. The van der Waals surface area contributed by atoms with Crippen LogP contribution in [0.1, 0.15) is 32.3 Å². The van der Waals surface area contributed by atoms with E-state index in [1.54, 1.807) is 31.4 Å². The Bertz CT molecular complexity index is 640. The third-order valence-corrected chi connectivity index (χ3v) is 3.35. The van der Waals surface area contributed by atoms with E-state index in [1.807, 2.05) is 6.07 Å². The third kappa shape index (κ3) is 5.03. The summed E-state index contributed by atoms with van der Waals surface area (Å²) >= 11 is 0. The molecule has 0 aliphatic heterocycles. The largest absolute Gasteiger partial charge is 0.493 e. The van der Waals surface area contributed by atoms with E-state index in [0.717, 1.165) is 18.4 Å². The van der Waals surface area contributed by atoms with Crippen LogP contribution in [0, 0.1) is 17.2 Å². The van der Waals surface area contributed by atoms with E-state index in [-0.39, 0.29) is 17.5 Å². The van der Waals surface area contributed by atoms with Crippen LogP contribution in [0.2, 0.25) is 0 Å². The minimum Gasteiger partial charge on any atom is -0.493 e. The van der Waals surface area contributed by atoms with E-state index in [9.17, 15) is 10.1 Å². The molecule has 0 bridgehead atoms. The van der Waals surface area contributed by atoms with Crippen LogP contribution in [0.5, 0.6) is 11.5 Å². The number of nitrogens with one attached hydrogen (secondary N) is 1. The Labute approximate surface area is 136 Å². The summed E-state index contributed by atoms with van der Waals surface area (Å²) in [4.78, 5) is 12.0. The van der Waals surface area contributed by atoms with E-state index >= 15 is 0 Å². The lowest BCUT2D eigenvalue weighted by Crippen LogP contribution is -2.26. The number of nitrogens with zero attached hydrogens (tertiary/aromatic N) is 1. The summed E-state index contributed by atoms with van der Waals surface area (Å²) in [5.74, 6) is 1.32. The Morgan fingerprint density at radius 3 is 2.74 bits per heavy atom. The van der Waals surface area contributed by atoms with E-state index in [4.69, 9.17) is 9.47 Å². The van der Waals surface area contributed by atoms with Gasteiger partial charge in [-0.05, 0) is 42.5 Å². The topological polar surface area (TPSA) is 71.3 Å². The first-order valence-corrected chi connectivity index (χ1v) is 7.77. The molecule has 0 atom stereocenters. The lowest BCUT2D eigenvalue weighted by molar-refractivity contribution is -0.117. The molecule has 1 aromatic rings. The van der Waals surface area contributed by atoms with Crippen molar-refractivity contribution in [3.63, 3.8) is 0 Å². The number of rotatable bonds is 7. The summed E-state index contributed by atoms with van der Waals surface area (Å²) in [7, 11) is 1.57. The van der Waals surface area contributed by atoms with E-state index < -0.39 is 0 Å². The Hall–Kier alpha value is -2.48. The minimum atomic E-state index is -0.325. The van der Waals surface area contributed by atoms with Gasteiger partial charge < -0.3 is 14.8 Å². The van der Waals surface area contributed by atoms with Gasteiger partial charge in [0.1, 0.15) is 11.6 Å². The summed E-state index contributed by atoms with van der Waals surface area (Å²) in [6, 6.07) is 7.53. The van der Waals surface area contributed by atoms with Crippen molar-refractivity contribution in [1.82, 2.24) is 5.32 Å². The molecule has 1 N–H and O–H groups in total. The molecule has 0 heterocycles. The lowest BCUT2D eigenvalue weighted by Gasteiger charge is -2.13. The van der Waals surface area contributed by atoms with Crippen molar-refractivity contribution in [1.29, 1.82) is 5.26 Å². The van der Waals surface area contributed by atoms with Crippen LogP contribution in [0.15, 0.2) is 23.8 Å². The molecule has 0 aromatic heterocycles. The number of nitriles is 1. The molecule has 2 rings (SSSR count). The van der Waals surface area contributed by atoms with Crippen molar-refractivity contribution in [3.05, 3.63) is 29.3 Å². The Morgan fingerprint density at radius 2 is 2.17 bits per heavy atom. The smallest absolute Gasteiger partial charge is 0.262 e. The first-order valence-electron chi connectivity index (χ1n) is 7.77. The third-order valence-electron chi connectivity index (χ3n) is 3.35. The molecule has 0 spiro atoms. The summed E-state index contributed by atoms with van der Waals surface area (Å²) in [6.07, 6.45) is 3.53. The SMILES string of the molecule is COc1cc(/C=C(\C#N)C(=O)NC2CC2)ccc1OCC(C)C. The molecule has 5 heteroatoms. The average molecular weight is 314 g/mol. The fourth-order valence-electron chi connectivity index (χ4n) is 1.96. The van der Waals surface area contributed by atoms with Crippen LogP contribution in [-0.4, -0.2) is 25.7 Å². The van der Waals surface area contributed by atoms with Crippen LogP contribution in [0.3, 0.4) is 0 Å². The van der Waals surface area contributed by atoms with Gasteiger partial charge in [-0.15, -0.1) is 0 Å². The van der Waals surface area contributed by atoms with Gasteiger partial charge in [0.15, 0.2) is 11.5 Å². The van der Waals surface area contributed by atoms with Crippen molar-refractivity contribution in [2.75, 3.05) is 13.7 Å². The van der Waals surface area contributed by atoms with E-state index in [0.29, 0.717) is 24.0 Å². The molecule has 0 saturated heterocycles. The van der Waals surface area contributed by atoms with Crippen molar-refractivity contribution >= 4 is 12.0 Å². The summed E-state index contributed by atoms with van der Waals surface area (Å²) in [5.41, 5.74) is 0.816. The Morgan fingerprint density at radius 1 is 1.43 bits per heavy atom. The number of hydrogen-bond acceptors (Lipinski definition) is 4. The number of hydrogen-bond donors (Lipinski definition) is 1. The second-order valence-corrected chi connectivity index (χ2v) is 6.03. The highest BCUT2D eigenvalue weighted by atomic mass is 16.5. The summed E-state index contributed by atoms with van der Waals surface area (Å²) < 4.78 is 11.0. The zero-order valence-corrected chi connectivity index (χ0v) is 13.8.